The molecule has 1 heterocycles. The molecule has 1 aromatic heterocycles. The summed E-state index contributed by atoms with van der Waals surface area (Å²) in [5.41, 5.74) is 0.0513. The maximum Gasteiger partial charge on any atom is 0.272 e. The summed E-state index contributed by atoms with van der Waals surface area (Å²) in [6, 6.07) is 0. The second-order valence-electron chi connectivity index (χ2n) is 4.15. The Hall–Kier alpha value is -1.93. The molecule has 1 aromatic rings. The zero-order valence-corrected chi connectivity index (χ0v) is 12.5. The highest BCUT2D eigenvalue weighted by molar-refractivity contribution is 8.04. The molecule has 2 rings (SSSR count). The summed E-state index contributed by atoms with van der Waals surface area (Å²) in [6.07, 6.45) is 1.27. The van der Waals surface area contributed by atoms with E-state index in [1.807, 2.05) is 6.92 Å². The minimum Gasteiger partial charge on any atom is -0.381 e. The van der Waals surface area contributed by atoms with E-state index in [2.05, 4.69) is 15.5 Å². The average Bonchev–Trinajstić information content (AvgIpc) is 2.93. The van der Waals surface area contributed by atoms with Crippen molar-refractivity contribution in [3.8, 4) is 0 Å². The number of aromatic nitrogens is 2. The van der Waals surface area contributed by atoms with Gasteiger partial charge in [0.15, 0.2) is 5.69 Å². The van der Waals surface area contributed by atoms with E-state index in [1.165, 1.54) is 24.9 Å². The van der Waals surface area contributed by atoms with Gasteiger partial charge in [0, 0.05) is 25.5 Å². The summed E-state index contributed by atoms with van der Waals surface area (Å²) >= 11 is 1.24. The Morgan fingerprint density at radius 1 is 1.48 bits per heavy atom. The van der Waals surface area contributed by atoms with Gasteiger partial charge >= 0.3 is 0 Å². The number of hydrogen-bond acceptors (Lipinski definition) is 6. The number of carbonyl (C=O) groups is 3. The van der Waals surface area contributed by atoms with E-state index < -0.39 is 5.91 Å². The van der Waals surface area contributed by atoms with Crippen LogP contribution in [0.5, 0.6) is 0 Å². The summed E-state index contributed by atoms with van der Waals surface area (Å²) in [5.74, 6) is -0.667. The fourth-order valence-corrected chi connectivity index (χ4v) is 2.71. The molecule has 0 saturated carbocycles. The van der Waals surface area contributed by atoms with Crippen LogP contribution < -0.4 is 5.32 Å². The standard InChI is InChI=1S/C13H15N3O4S/c1-3-20-4-5-21-8-6-7(17)10-9(12(8)18)11(16-15-10)13(19)14-2/h6H,3-5H2,1-2H3,(H,14,19)(H,15,16). The minimum absolute atomic E-state index is 0.0424. The number of nitrogens with one attached hydrogen (secondary N) is 2. The highest BCUT2D eigenvalue weighted by Gasteiger charge is 2.33. The number of Topliss-reactive ketones (excluding diaryl/α,β-unsaturated/α-hetero) is 1. The number of hydrogen-bond donors (Lipinski definition) is 2. The number of carbonyl (C=O) groups excluding carboxylic acids is 3. The lowest BCUT2D eigenvalue weighted by molar-refractivity contribution is 0.0945. The third kappa shape index (κ3) is 3.06. The number of amides is 1. The normalized spacial score (nSPS) is 13.9. The molecular weight excluding hydrogens is 294 g/mol. The molecule has 1 aliphatic rings. The number of aromatic amines is 1. The van der Waals surface area contributed by atoms with Gasteiger partial charge in [-0.3, -0.25) is 19.5 Å². The molecule has 0 radical (unpaired) electrons. The SMILES string of the molecule is CCOCCSC1=CC(=O)c2[nH]nc(C(=O)NC)c2C1=O. The largest absolute Gasteiger partial charge is 0.381 e. The predicted octanol–water partition coefficient (Wildman–Crippen LogP) is 0.802. The van der Waals surface area contributed by atoms with Crippen molar-refractivity contribution in [1.82, 2.24) is 15.5 Å². The lowest BCUT2D eigenvalue weighted by Gasteiger charge is -2.11. The summed E-state index contributed by atoms with van der Waals surface area (Å²) in [4.78, 5) is 36.4. The molecule has 1 amide bonds. The number of H-pyrrole nitrogens is 1. The van der Waals surface area contributed by atoms with E-state index in [1.54, 1.807) is 0 Å². The van der Waals surface area contributed by atoms with Gasteiger partial charge in [-0.15, -0.1) is 11.8 Å². The lowest BCUT2D eigenvalue weighted by atomic mass is 9.99. The molecule has 8 heteroatoms. The summed E-state index contributed by atoms with van der Waals surface area (Å²) < 4.78 is 5.19. The molecule has 0 bridgehead atoms. The third-order valence-corrected chi connectivity index (χ3v) is 3.84. The van der Waals surface area contributed by atoms with Crippen LogP contribution in [0.25, 0.3) is 0 Å². The van der Waals surface area contributed by atoms with E-state index in [0.717, 1.165) is 0 Å². The van der Waals surface area contributed by atoms with E-state index in [0.29, 0.717) is 23.9 Å². The van der Waals surface area contributed by atoms with Crippen molar-refractivity contribution in [2.24, 2.45) is 0 Å². The third-order valence-electron chi connectivity index (χ3n) is 2.86. The molecule has 0 aromatic carbocycles. The summed E-state index contributed by atoms with van der Waals surface area (Å²) in [6.45, 7) is 2.96. The van der Waals surface area contributed by atoms with Crippen LogP contribution in [0.1, 0.15) is 38.3 Å². The number of ether oxygens (including phenoxy) is 1. The molecule has 112 valence electrons. The second kappa shape index (κ2) is 6.68. The van der Waals surface area contributed by atoms with E-state index in [4.69, 9.17) is 4.74 Å². The Morgan fingerprint density at radius 3 is 2.90 bits per heavy atom. The lowest BCUT2D eigenvalue weighted by Crippen LogP contribution is -2.23. The first-order valence-corrected chi connectivity index (χ1v) is 7.40. The van der Waals surface area contributed by atoms with Crippen molar-refractivity contribution in [2.75, 3.05) is 26.0 Å². The van der Waals surface area contributed by atoms with Gasteiger partial charge in [-0.05, 0) is 6.92 Å². The smallest absolute Gasteiger partial charge is 0.272 e. The average molecular weight is 309 g/mol. The van der Waals surface area contributed by atoms with Crippen LogP contribution in [-0.2, 0) is 4.74 Å². The molecule has 2 N–H and O–H groups in total. The van der Waals surface area contributed by atoms with Crippen molar-refractivity contribution in [3.05, 3.63) is 27.9 Å². The predicted molar refractivity (Wildman–Crippen MR) is 77.7 cm³/mol. The molecule has 21 heavy (non-hydrogen) atoms. The van der Waals surface area contributed by atoms with Gasteiger partial charge in [-0.25, -0.2) is 0 Å². The molecule has 0 fully saturated rings. The first kappa shape index (κ1) is 15.5. The quantitative estimate of drug-likeness (QED) is 0.754. The van der Waals surface area contributed by atoms with Crippen LogP contribution in [-0.4, -0.2) is 53.7 Å². The molecule has 0 atom stereocenters. The fourth-order valence-electron chi connectivity index (χ4n) is 1.87. The molecule has 7 nitrogen and oxygen atoms in total. The molecule has 0 spiro atoms. The molecule has 0 saturated heterocycles. The van der Waals surface area contributed by atoms with Crippen molar-refractivity contribution in [3.63, 3.8) is 0 Å². The Balaban J connectivity index is 2.23. The van der Waals surface area contributed by atoms with Gasteiger partial charge in [0.1, 0.15) is 5.69 Å². The van der Waals surface area contributed by atoms with Gasteiger partial charge in [-0.2, -0.15) is 5.10 Å². The van der Waals surface area contributed by atoms with Gasteiger partial charge < -0.3 is 10.1 Å². The number of allylic oxidation sites excluding steroid dienone is 2. The van der Waals surface area contributed by atoms with E-state index in [9.17, 15) is 14.4 Å². The molecule has 0 aliphatic heterocycles. The van der Waals surface area contributed by atoms with E-state index in [-0.39, 0.29) is 28.5 Å². The first-order valence-electron chi connectivity index (χ1n) is 6.41. The first-order chi connectivity index (χ1) is 10.1. The number of thioether (sulfide) groups is 1. The maximum absolute atomic E-state index is 12.4. The van der Waals surface area contributed by atoms with Crippen LogP contribution >= 0.6 is 11.8 Å². The molecule has 0 unspecified atom stereocenters. The van der Waals surface area contributed by atoms with Crippen LogP contribution in [0.2, 0.25) is 0 Å². The summed E-state index contributed by atoms with van der Waals surface area (Å²) in [5, 5.41) is 8.62. The Labute approximate surface area is 125 Å². The van der Waals surface area contributed by atoms with Crippen LogP contribution in [0.15, 0.2) is 11.0 Å². The van der Waals surface area contributed by atoms with Gasteiger partial charge in [0.25, 0.3) is 5.91 Å². The van der Waals surface area contributed by atoms with Crippen molar-refractivity contribution in [1.29, 1.82) is 0 Å². The molecule has 1 aliphatic carbocycles. The molecular formula is C13H15N3O4S. The zero-order valence-electron chi connectivity index (χ0n) is 11.7. The topological polar surface area (TPSA) is 101 Å². The number of fused-ring (bicyclic) bond motifs is 1. The monoisotopic (exact) mass is 309 g/mol. The van der Waals surface area contributed by atoms with Crippen LogP contribution in [0.3, 0.4) is 0 Å². The fraction of sp³-hybridized carbons (Fsp3) is 0.385. The van der Waals surface area contributed by atoms with Gasteiger partial charge in [-0.1, -0.05) is 0 Å². The maximum atomic E-state index is 12.4. The Morgan fingerprint density at radius 2 is 2.24 bits per heavy atom. The van der Waals surface area contributed by atoms with Gasteiger partial charge in [0.05, 0.1) is 17.1 Å². The van der Waals surface area contributed by atoms with E-state index >= 15 is 0 Å². The van der Waals surface area contributed by atoms with Crippen molar-refractivity contribution >= 4 is 29.2 Å². The zero-order chi connectivity index (χ0) is 15.4. The minimum atomic E-state index is -0.505. The Kier molecular flexibility index (Phi) is 4.92. The van der Waals surface area contributed by atoms with Crippen LogP contribution in [0.4, 0.5) is 0 Å². The number of ketones is 2. The number of rotatable bonds is 6. The highest BCUT2D eigenvalue weighted by atomic mass is 32.2. The van der Waals surface area contributed by atoms with Gasteiger partial charge in [0.2, 0.25) is 11.6 Å². The Bertz CT molecular complexity index is 621. The number of nitrogens with zero attached hydrogens (tertiary/aromatic N) is 1. The van der Waals surface area contributed by atoms with Crippen LogP contribution in [0, 0.1) is 0 Å². The summed E-state index contributed by atoms with van der Waals surface area (Å²) in [7, 11) is 1.44. The van der Waals surface area contributed by atoms with Crippen molar-refractivity contribution in [2.45, 2.75) is 6.92 Å². The van der Waals surface area contributed by atoms with Crippen molar-refractivity contribution < 1.29 is 19.1 Å². The highest BCUT2D eigenvalue weighted by Crippen LogP contribution is 2.29. The second-order valence-corrected chi connectivity index (χ2v) is 5.29.